The number of rotatable bonds is 3. The molecule has 0 radical (unpaired) electrons. The van der Waals surface area contributed by atoms with Crippen LogP contribution in [0.2, 0.25) is 0 Å². The van der Waals surface area contributed by atoms with E-state index >= 15 is 0 Å². The molecule has 1 saturated carbocycles. The van der Waals surface area contributed by atoms with Crippen molar-refractivity contribution in [3.05, 3.63) is 40.0 Å². The second-order valence-electron chi connectivity index (χ2n) is 4.87. The molecule has 94 valence electrons. The summed E-state index contributed by atoms with van der Waals surface area (Å²) in [6.45, 7) is 0. The van der Waals surface area contributed by atoms with E-state index in [1.54, 1.807) is 11.3 Å². The minimum absolute atomic E-state index is 0.595. The molecule has 18 heavy (non-hydrogen) atoms. The fourth-order valence-corrected chi connectivity index (χ4v) is 3.32. The summed E-state index contributed by atoms with van der Waals surface area (Å²) in [6.07, 6.45) is 5.91. The van der Waals surface area contributed by atoms with Crippen LogP contribution in [0.4, 0.5) is 5.82 Å². The van der Waals surface area contributed by atoms with Crippen molar-refractivity contribution in [2.24, 2.45) is 0 Å². The topological polar surface area (TPSA) is 51.8 Å². The highest BCUT2D eigenvalue weighted by molar-refractivity contribution is 7.09. The third-order valence-electron chi connectivity index (χ3n) is 3.50. The summed E-state index contributed by atoms with van der Waals surface area (Å²) in [6, 6.07) is 6.13. The van der Waals surface area contributed by atoms with Crippen LogP contribution in [-0.2, 0) is 6.42 Å². The summed E-state index contributed by atoms with van der Waals surface area (Å²) < 4.78 is 0. The van der Waals surface area contributed by atoms with E-state index in [4.69, 9.17) is 10.7 Å². The van der Waals surface area contributed by atoms with E-state index in [9.17, 15) is 0 Å². The zero-order valence-electron chi connectivity index (χ0n) is 10.3. The molecule has 2 aromatic heterocycles. The number of nitrogens with zero attached hydrogens (tertiary/aromatic N) is 2. The maximum Gasteiger partial charge on any atom is 0.136 e. The molecule has 0 unspecified atom stereocenters. The van der Waals surface area contributed by atoms with Crippen LogP contribution in [0.1, 0.15) is 48.0 Å². The number of nitrogen functional groups attached to an aromatic ring is 1. The van der Waals surface area contributed by atoms with Crippen LogP contribution in [0.5, 0.6) is 0 Å². The van der Waals surface area contributed by atoms with Crippen molar-refractivity contribution in [2.45, 2.75) is 38.0 Å². The molecule has 0 aromatic carbocycles. The Balaban J connectivity index is 1.85. The largest absolute Gasteiger partial charge is 0.384 e. The van der Waals surface area contributed by atoms with Crippen LogP contribution < -0.4 is 5.73 Å². The van der Waals surface area contributed by atoms with Gasteiger partial charge in [-0.25, -0.2) is 9.97 Å². The van der Waals surface area contributed by atoms with E-state index in [2.05, 4.69) is 22.5 Å². The van der Waals surface area contributed by atoms with E-state index in [0.29, 0.717) is 11.7 Å². The van der Waals surface area contributed by atoms with E-state index in [1.165, 1.54) is 30.6 Å². The van der Waals surface area contributed by atoms with Gasteiger partial charge in [0.05, 0.1) is 0 Å². The molecule has 0 atom stereocenters. The van der Waals surface area contributed by atoms with Gasteiger partial charge in [-0.05, 0) is 24.3 Å². The monoisotopic (exact) mass is 259 g/mol. The smallest absolute Gasteiger partial charge is 0.136 e. The van der Waals surface area contributed by atoms with Gasteiger partial charge in [-0.1, -0.05) is 18.9 Å². The Morgan fingerprint density at radius 3 is 2.83 bits per heavy atom. The molecule has 0 amide bonds. The van der Waals surface area contributed by atoms with E-state index < -0.39 is 0 Å². The molecule has 0 spiro atoms. The van der Waals surface area contributed by atoms with E-state index in [0.717, 1.165) is 17.9 Å². The fraction of sp³-hybridized carbons (Fsp3) is 0.429. The van der Waals surface area contributed by atoms with Gasteiger partial charge in [0.1, 0.15) is 11.6 Å². The lowest BCUT2D eigenvalue weighted by atomic mass is 10.0. The normalized spacial score (nSPS) is 16.2. The highest BCUT2D eigenvalue weighted by atomic mass is 32.1. The molecule has 1 fully saturated rings. The number of thiophene rings is 1. The Morgan fingerprint density at radius 1 is 1.28 bits per heavy atom. The third kappa shape index (κ3) is 2.53. The molecule has 2 heterocycles. The van der Waals surface area contributed by atoms with E-state index in [-0.39, 0.29) is 0 Å². The number of anilines is 1. The van der Waals surface area contributed by atoms with Crippen molar-refractivity contribution in [1.82, 2.24) is 9.97 Å². The van der Waals surface area contributed by atoms with Crippen molar-refractivity contribution in [3.63, 3.8) is 0 Å². The van der Waals surface area contributed by atoms with E-state index in [1.807, 2.05) is 6.07 Å². The summed E-state index contributed by atoms with van der Waals surface area (Å²) in [4.78, 5) is 10.3. The average Bonchev–Trinajstić information content (AvgIpc) is 3.00. The molecule has 3 rings (SSSR count). The molecular formula is C14H17N3S. The first-order valence-corrected chi connectivity index (χ1v) is 7.35. The SMILES string of the molecule is Nc1cc(C2CCCC2)nc(Cc2cccs2)n1. The molecule has 4 heteroatoms. The second kappa shape index (κ2) is 5.06. The Morgan fingerprint density at radius 2 is 2.11 bits per heavy atom. The first-order chi connectivity index (χ1) is 8.81. The molecule has 0 bridgehead atoms. The van der Waals surface area contributed by atoms with Gasteiger partial charge in [0.25, 0.3) is 0 Å². The van der Waals surface area contributed by atoms with Crippen LogP contribution in [-0.4, -0.2) is 9.97 Å². The summed E-state index contributed by atoms with van der Waals surface area (Å²) in [5, 5.41) is 2.08. The van der Waals surface area contributed by atoms with Crippen LogP contribution in [0.15, 0.2) is 23.6 Å². The summed E-state index contributed by atoms with van der Waals surface area (Å²) >= 11 is 1.74. The Labute approximate surface area is 111 Å². The number of hydrogen-bond acceptors (Lipinski definition) is 4. The molecule has 1 aliphatic carbocycles. The zero-order chi connectivity index (χ0) is 12.4. The van der Waals surface area contributed by atoms with Gasteiger partial charge in [0.15, 0.2) is 0 Å². The molecule has 1 aliphatic rings. The second-order valence-corrected chi connectivity index (χ2v) is 5.90. The number of nitrogens with two attached hydrogens (primary N) is 1. The predicted octanol–water partition coefficient (Wildman–Crippen LogP) is 3.37. The third-order valence-corrected chi connectivity index (χ3v) is 4.37. The van der Waals surface area contributed by atoms with Gasteiger partial charge >= 0.3 is 0 Å². The number of hydrogen-bond donors (Lipinski definition) is 1. The minimum Gasteiger partial charge on any atom is -0.384 e. The van der Waals surface area contributed by atoms with Crippen molar-refractivity contribution >= 4 is 17.2 Å². The predicted molar refractivity (Wildman–Crippen MR) is 74.8 cm³/mol. The van der Waals surface area contributed by atoms with Crippen molar-refractivity contribution < 1.29 is 0 Å². The van der Waals surface area contributed by atoms with Crippen LogP contribution in [0.3, 0.4) is 0 Å². The highest BCUT2D eigenvalue weighted by Crippen LogP contribution is 2.33. The average molecular weight is 259 g/mol. The summed E-state index contributed by atoms with van der Waals surface area (Å²) in [5.74, 6) is 2.06. The lowest BCUT2D eigenvalue weighted by molar-refractivity contribution is 0.687. The van der Waals surface area contributed by atoms with Gasteiger partial charge < -0.3 is 5.73 Å². The van der Waals surface area contributed by atoms with Gasteiger partial charge in [0, 0.05) is 29.0 Å². The zero-order valence-corrected chi connectivity index (χ0v) is 11.1. The minimum atomic E-state index is 0.595. The van der Waals surface area contributed by atoms with Crippen LogP contribution in [0, 0.1) is 0 Å². The molecule has 0 saturated heterocycles. The maximum absolute atomic E-state index is 5.91. The maximum atomic E-state index is 5.91. The van der Waals surface area contributed by atoms with Crippen molar-refractivity contribution in [3.8, 4) is 0 Å². The quantitative estimate of drug-likeness (QED) is 0.919. The molecule has 3 nitrogen and oxygen atoms in total. The lowest BCUT2D eigenvalue weighted by Crippen LogP contribution is -2.06. The highest BCUT2D eigenvalue weighted by Gasteiger charge is 2.19. The van der Waals surface area contributed by atoms with Gasteiger partial charge in [-0.3, -0.25) is 0 Å². The van der Waals surface area contributed by atoms with Crippen molar-refractivity contribution in [2.75, 3.05) is 5.73 Å². The van der Waals surface area contributed by atoms with Gasteiger partial charge in [-0.2, -0.15) is 0 Å². The van der Waals surface area contributed by atoms with Gasteiger partial charge in [-0.15, -0.1) is 11.3 Å². The number of aromatic nitrogens is 2. The molecule has 2 aromatic rings. The summed E-state index contributed by atoms with van der Waals surface area (Å²) in [7, 11) is 0. The van der Waals surface area contributed by atoms with Crippen LogP contribution in [0.25, 0.3) is 0 Å². The standard InChI is InChI=1S/C14H17N3S/c15-13-9-12(10-4-1-2-5-10)16-14(17-13)8-11-6-3-7-18-11/h3,6-7,9-10H,1-2,4-5,8H2,(H2,15,16,17). The first-order valence-electron chi connectivity index (χ1n) is 6.47. The lowest BCUT2D eigenvalue weighted by Gasteiger charge is -2.10. The first kappa shape index (κ1) is 11.7. The van der Waals surface area contributed by atoms with Crippen molar-refractivity contribution in [1.29, 1.82) is 0 Å². The molecule has 2 N–H and O–H groups in total. The van der Waals surface area contributed by atoms with Gasteiger partial charge in [0.2, 0.25) is 0 Å². The summed E-state index contributed by atoms with van der Waals surface area (Å²) in [5.41, 5.74) is 7.05. The fourth-order valence-electron chi connectivity index (χ4n) is 2.62. The molecular weight excluding hydrogens is 242 g/mol. The Bertz CT molecular complexity index is 516. The Kier molecular flexibility index (Phi) is 3.28. The Hall–Kier alpha value is -1.42. The van der Waals surface area contributed by atoms with Crippen LogP contribution >= 0.6 is 11.3 Å². The molecule has 0 aliphatic heterocycles.